The van der Waals surface area contributed by atoms with Gasteiger partial charge in [-0.05, 0) is 74.9 Å². The number of rotatable bonds is 8. The number of nitrogens with zero attached hydrogens (tertiary/aromatic N) is 1. The first-order valence-electron chi connectivity index (χ1n) is 12.0. The summed E-state index contributed by atoms with van der Waals surface area (Å²) in [6.07, 6.45) is 3.26. The quantitative estimate of drug-likeness (QED) is 0.503. The number of carbonyl (C=O) groups excluding carboxylic acids is 2. The zero-order chi connectivity index (χ0) is 24.2. The maximum atomic E-state index is 13.1. The predicted molar refractivity (Wildman–Crippen MR) is 134 cm³/mol. The van der Waals surface area contributed by atoms with Crippen LogP contribution in [0.15, 0.2) is 36.4 Å². The van der Waals surface area contributed by atoms with E-state index in [1.807, 2.05) is 32.0 Å². The first-order chi connectivity index (χ1) is 16.4. The third kappa shape index (κ3) is 5.03. The van der Waals surface area contributed by atoms with E-state index in [1.54, 1.807) is 25.2 Å². The van der Waals surface area contributed by atoms with Crippen LogP contribution in [-0.2, 0) is 17.6 Å². The van der Waals surface area contributed by atoms with Crippen molar-refractivity contribution in [2.24, 2.45) is 5.92 Å². The summed E-state index contributed by atoms with van der Waals surface area (Å²) in [7, 11) is 1.64. The highest BCUT2D eigenvalue weighted by molar-refractivity contribution is 6.02. The number of benzene rings is 2. The van der Waals surface area contributed by atoms with Crippen molar-refractivity contribution in [3.63, 3.8) is 0 Å². The third-order valence-corrected chi connectivity index (χ3v) is 6.24. The zero-order valence-electron chi connectivity index (χ0n) is 20.4. The van der Waals surface area contributed by atoms with E-state index in [0.717, 1.165) is 23.7 Å². The Morgan fingerprint density at radius 1 is 1.09 bits per heavy atom. The summed E-state index contributed by atoms with van der Waals surface area (Å²) in [6.45, 7) is 7.02. The number of likely N-dealkylation sites (N-methyl/N-ethyl adjacent to an activating group) is 1. The van der Waals surface area contributed by atoms with E-state index in [4.69, 9.17) is 9.47 Å². The molecule has 2 aromatic carbocycles. The van der Waals surface area contributed by atoms with Gasteiger partial charge < -0.3 is 24.7 Å². The molecule has 3 aromatic rings. The van der Waals surface area contributed by atoms with Crippen molar-refractivity contribution in [3.8, 4) is 11.5 Å². The van der Waals surface area contributed by atoms with Gasteiger partial charge in [-0.15, -0.1) is 0 Å². The zero-order valence-corrected chi connectivity index (χ0v) is 20.4. The number of amides is 2. The van der Waals surface area contributed by atoms with Crippen LogP contribution < -0.4 is 14.8 Å². The molecular weight excluding hydrogens is 430 g/mol. The molecule has 1 aliphatic carbocycles. The van der Waals surface area contributed by atoms with Crippen LogP contribution in [0.5, 0.6) is 11.5 Å². The average molecular weight is 464 g/mol. The number of anilines is 1. The van der Waals surface area contributed by atoms with E-state index >= 15 is 0 Å². The molecule has 1 heterocycles. The lowest BCUT2D eigenvalue weighted by Gasteiger charge is -2.19. The third-order valence-electron chi connectivity index (χ3n) is 6.24. The average Bonchev–Trinajstić information content (AvgIpc) is 3.17. The molecule has 34 heavy (non-hydrogen) atoms. The second-order valence-electron chi connectivity index (χ2n) is 8.93. The molecule has 0 saturated carbocycles. The second-order valence-corrected chi connectivity index (χ2v) is 8.93. The van der Waals surface area contributed by atoms with Crippen LogP contribution in [0.3, 0.4) is 0 Å². The van der Waals surface area contributed by atoms with Gasteiger partial charge in [0.15, 0.2) is 11.5 Å². The van der Waals surface area contributed by atoms with Crippen molar-refractivity contribution < 1.29 is 19.1 Å². The Hall–Kier alpha value is -3.48. The predicted octanol–water partition coefficient (Wildman–Crippen LogP) is 4.80. The van der Waals surface area contributed by atoms with E-state index in [2.05, 4.69) is 17.2 Å². The number of hydrogen-bond acceptors (Lipinski definition) is 4. The molecule has 0 radical (unpaired) electrons. The Kier molecular flexibility index (Phi) is 7.10. The monoisotopic (exact) mass is 463 g/mol. The van der Waals surface area contributed by atoms with E-state index < -0.39 is 0 Å². The topological polar surface area (TPSA) is 83.7 Å². The van der Waals surface area contributed by atoms with E-state index in [-0.39, 0.29) is 18.4 Å². The van der Waals surface area contributed by atoms with Gasteiger partial charge in [0.1, 0.15) is 0 Å². The summed E-state index contributed by atoms with van der Waals surface area (Å²) in [6, 6.07) is 11.0. The molecule has 2 amide bonds. The minimum atomic E-state index is -0.281. The molecule has 0 aliphatic heterocycles. The van der Waals surface area contributed by atoms with E-state index in [0.29, 0.717) is 41.9 Å². The number of ether oxygens (including phenoxy) is 2. The van der Waals surface area contributed by atoms with Crippen LogP contribution in [0.25, 0.3) is 10.9 Å². The van der Waals surface area contributed by atoms with Crippen LogP contribution >= 0.6 is 0 Å². The maximum Gasteiger partial charge on any atom is 0.254 e. The fraction of sp³-hybridized carbons (Fsp3) is 0.407. The van der Waals surface area contributed by atoms with Gasteiger partial charge in [0.2, 0.25) is 5.91 Å². The lowest BCUT2D eigenvalue weighted by Crippen LogP contribution is -2.34. The molecule has 0 unspecified atom stereocenters. The van der Waals surface area contributed by atoms with Gasteiger partial charge in [-0.25, -0.2) is 0 Å². The second kappa shape index (κ2) is 10.2. The molecule has 0 fully saturated rings. The molecule has 1 aliphatic rings. The Morgan fingerprint density at radius 2 is 1.85 bits per heavy atom. The van der Waals surface area contributed by atoms with E-state index in [9.17, 15) is 9.59 Å². The minimum absolute atomic E-state index is 0.0592. The number of H-pyrrole nitrogens is 1. The highest BCUT2D eigenvalue weighted by Gasteiger charge is 2.22. The van der Waals surface area contributed by atoms with Crippen LogP contribution in [0, 0.1) is 5.92 Å². The number of aromatic amines is 1. The van der Waals surface area contributed by atoms with Crippen molar-refractivity contribution in [2.45, 2.75) is 40.0 Å². The summed E-state index contributed by atoms with van der Waals surface area (Å²) in [4.78, 5) is 30.7. The maximum absolute atomic E-state index is 13.1. The Bertz CT molecular complexity index is 1200. The smallest absolute Gasteiger partial charge is 0.254 e. The van der Waals surface area contributed by atoms with Crippen LogP contribution in [0.2, 0.25) is 0 Å². The molecule has 0 saturated heterocycles. The number of nitrogens with one attached hydrogen (secondary N) is 2. The molecule has 1 aromatic heterocycles. The van der Waals surface area contributed by atoms with Crippen LogP contribution in [0.1, 0.15) is 48.8 Å². The van der Waals surface area contributed by atoms with Gasteiger partial charge in [-0.1, -0.05) is 6.92 Å². The van der Waals surface area contributed by atoms with Crippen molar-refractivity contribution >= 4 is 28.4 Å². The Labute approximate surface area is 200 Å². The lowest BCUT2D eigenvalue weighted by atomic mass is 9.87. The first kappa shape index (κ1) is 23.7. The van der Waals surface area contributed by atoms with Crippen molar-refractivity contribution in [3.05, 3.63) is 53.2 Å². The molecule has 2 N–H and O–H groups in total. The van der Waals surface area contributed by atoms with Crippen LogP contribution in [0.4, 0.5) is 5.69 Å². The Balaban J connectivity index is 1.44. The normalized spacial score (nSPS) is 15.0. The van der Waals surface area contributed by atoms with Gasteiger partial charge in [0.25, 0.3) is 5.91 Å². The van der Waals surface area contributed by atoms with Crippen molar-refractivity contribution in [2.75, 3.05) is 32.1 Å². The summed E-state index contributed by atoms with van der Waals surface area (Å²) >= 11 is 0. The molecule has 180 valence electrons. The first-order valence-corrected chi connectivity index (χ1v) is 12.0. The van der Waals surface area contributed by atoms with Crippen LogP contribution in [-0.4, -0.2) is 48.5 Å². The van der Waals surface area contributed by atoms with Gasteiger partial charge in [0.05, 0.1) is 19.8 Å². The minimum Gasteiger partial charge on any atom is -0.490 e. The lowest BCUT2D eigenvalue weighted by molar-refractivity contribution is -0.116. The Morgan fingerprint density at radius 3 is 2.62 bits per heavy atom. The molecule has 7 nitrogen and oxygen atoms in total. The molecule has 4 rings (SSSR count). The number of fused-ring (bicyclic) bond motifs is 3. The number of carbonyl (C=O) groups is 2. The number of aryl methyl sites for hydroxylation is 1. The van der Waals surface area contributed by atoms with Gasteiger partial charge in [0, 0.05) is 41.0 Å². The number of aromatic nitrogens is 1. The summed E-state index contributed by atoms with van der Waals surface area (Å²) in [5, 5.41) is 3.96. The number of hydrogen-bond donors (Lipinski definition) is 2. The van der Waals surface area contributed by atoms with Gasteiger partial charge in [-0.3, -0.25) is 9.59 Å². The standard InChI is InChI=1S/C27H33N3O4/c1-5-33-24-12-9-19(15-25(24)34-6-2)28-26(31)16-30(4)27(32)18-8-11-23-21(14-18)20-13-17(3)7-10-22(20)29-23/h8-9,11-12,14-15,17,29H,5-7,10,13,16H2,1-4H3,(H,28,31)/t17-/m0/s1. The fourth-order valence-corrected chi connectivity index (χ4v) is 4.56. The molecule has 0 bridgehead atoms. The molecule has 7 heteroatoms. The van der Waals surface area contributed by atoms with E-state index in [1.165, 1.54) is 22.6 Å². The highest BCUT2D eigenvalue weighted by Crippen LogP contribution is 2.33. The summed E-state index contributed by atoms with van der Waals surface area (Å²) in [5.74, 6) is 1.38. The van der Waals surface area contributed by atoms with Crippen molar-refractivity contribution in [1.29, 1.82) is 0 Å². The molecule has 0 spiro atoms. The van der Waals surface area contributed by atoms with Gasteiger partial charge >= 0.3 is 0 Å². The SMILES string of the molecule is CCOc1ccc(NC(=O)CN(C)C(=O)c2ccc3[nH]c4c(c3c2)C[C@@H](C)CC4)cc1OCC. The van der Waals surface area contributed by atoms with Crippen molar-refractivity contribution in [1.82, 2.24) is 9.88 Å². The molecule has 1 atom stereocenters. The summed E-state index contributed by atoms with van der Waals surface area (Å²) < 4.78 is 11.2. The largest absolute Gasteiger partial charge is 0.490 e. The van der Waals surface area contributed by atoms with Gasteiger partial charge in [-0.2, -0.15) is 0 Å². The summed E-state index contributed by atoms with van der Waals surface area (Å²) in [5.41, 5.74) is 4.85. The highest BCUT2D eigenvalue weighted by atomic mass is 16.5. The fourth-order valence-electron chi connectivity index (χ4n) is 4.56. The molecular formula is C27H33N3O4.